The molecule has 192 valence electrons. The number of aliphatic hydroxyl groups excluding tert-OH is 1. The topological polar surface area (TPSA) is 70.1 Å². The van der Waals surface area contributed by atoms with Crippen molar-refractivity contribution >= 4 is 43.5 Å². The molecule has 0 aromatic heterocycles. The summed E-state index contributed by atoms with van der Waals surface area (Å²) in [4.78, 5) is 29.7. The van der Waals surface area contributed by atoms with Gasteiger partial charge in [0.05, 0.1) is 11.8 Å². The summed E-state index contributed by atoms with van der Waals surface area (Å²) in [7, 11) is -3.30. The van der Waals surface area contributed by atoms with E-state index in [4.69, 9.17) is 4.74 Å². The van der Waals surface area contributed by atoms with Crippen molar-refractivity contribution in [2.24, 2.45) is 5.92 Å². The highest BCUT2D eigenvalue weighted by molar-refractivity contribution is 6.72. The van der Waals surface area contributed by atoms with Gasteiger partial charge in [-0.25, -0.2) is 0 Å². The van der Waals surface area contributed by atoms with E-state index in [1.807, 2.05) is 79.7 Å². The molecule has 37 heavy (non-hydrogen) atoms. The van der Waals surface area contributed by atoms with E-state index in [1.54, 1.807) is 24.1 Å². The Morgan fingerprint density at radius 2 is 1.70 bits per heavy atom. The zero-order valence-corrected chi connectivity index (χ0v) is 22.2. The predicted octanol–water partition coefficient (Wildman–Crippen LogP) is 5.82. The van der Waals surface area contributed by atoms with E-state index >= 15 is 4.11 Å². The minimum atomic E-state index is -3.30. The Bertz CT molecular complexity index is 1300. The smallest absolute Gasteiger partial charge is 0.268 e. The van der Waals surface area contributed by atoms with Gasteiger partial charge < -0.3 is 14.0 Å². The molecule has 2 heterocycles. The second-order valence-corrected chi connectivity index (χ2v) is 14.1. The third-order valence-corrected chi connectivity index (χ3v) is 10.2. The summed E-state index contributed by atoms with van der Waals surface area (Å²) in [6.45, 7) is 4.99. The van der Waals surface area contributed by atoms with Crippen LogP contribution < -0.4 is 9.80 Å². The van der Waals surface area contributed by atoms with Crippen molar-refractivity contribution in [1.29, 1.82) is 0 Å². The summed E-state index contributed by atoms with van der Waals surface area (Å²) in [5, 5.41) is 9.77. The minimum Gasteiger partial charge on any atom is -0.396 e. The van der Waals surface area contributed by atoms with Crippen LogP contribution in [-0.4, -0.2) is 38.5 Å². The van der Waals surface area contributed by atoms with E-state index < -0.39 is 31.6 Å². The first-order valence-electron chi connectivity index (χ1n) is 12.6. The summed E-state index contributed by atoms with van der Waals surface area (Å²) < 4.78 is 22.4. The molecule has 4 atom stereocenters. The molecule has 0 aliphatic carbocycles. The largest absolute Gasteiger partial charge is 0.396 e. The number of benzene rings is 3. The summed E-state index contributed by atoms with van der Waals surface area (Å²) in [5.74, 6) is -0.758. The summed E-state index contributed by atoms with van der Waals surface area (Å²) >= 11 is 0. The quantitative estimate of drug-likeness (QED) is 0.243. The Kier molecular flexibility index (Phi) is 6.51. The minimum absolute atomic E-state index is 0.162. The van der Waals surface area contributed by atoms with Gasteiger partial charge in [-0.1, -0.05) is 43.3 Å². The van der Waals surface area contributed by atoms with E-state index in [-0.39, 0.29) is 18.9 Å². The molecule has 6 nitrogen and oxygen atoms in total. The van der Waals surface area contributed by atoms with Crippen LogP contribution >= 0.6 is 0 Å². The monoisotopic (exact) mass is 518 g/mol. The number of rotatable bonds is 7. The molecule has 1 fully saturated rings. The Hall–Kier alpha value is -3.33. The Morgan fingerprint density at radius 3 is 2.30 bits per heavy atom. The van der Waals surface area contributed by atoms with Crippen LogP contribution in [0.2, 0.25) is 18.6 Å². The summed E-state index contributed by atoms with van der Waals surface area (Å²) in [6, 6.07) is 24.0. The van der Waals surface area contributed by atoms with Gasteiger partial charge in [0, 0.05) is 40.7 Å². The second kappa shape index (κ2) is 9.52. The van der Waals surface area contributed by atoms with E-state index in [0.29, 0.717) is 28.3 Å². The molecule has 0 bridgehead atoms. The lowest BCUT2D eigenvalue weighted by molar-refractivity contribution is -0.145. The third kappa shape index (κ3) is 4.00. The number of aliphatic hydroxyl groups is 1. The number of hydrogen-bond donors (Lipinski definition) is 1. The van der Waals surface area contributed by atoms with Crippen molar-refractivity contribution in [3.05, 3.63) is 84.4 Å². The molecule has 3 aromatic rings. The molecule has 0 unspecified atom stereocenters. The number of halogens is 1. The van der Waals surface area contributed by atoms with Crippen molar-refractivity contribution in [2.45, 2.75) is 43.7 Å². The van der Waals surface area contributed by atoms with E-state index in [1.165, 1.54) is 4.90 Å². The first-order chi connectivity index (χ1) is 17.7. The number of nitrogens with zero attached hydrogens (tertiary/aromatic N) is 2. The number of anilines is 4. The van der Waals surface area contributed by atoms with Crippen molar-refractivity contribution in [2.75, 3.05) is 16.4 Å². The first-order valence-corrected chi connectivity index (χ1v) is 15.5. The van der Waals surface area contributed by atoms with E-state index in [9.17, 15) is 14.7 Å². The lowest BCUT2D eigenvalue weighted by Gasteiger charge is -2.31. The number of hydrogen-bond acceptors (Lipinski definition) is 4. The van der Waals surface area contributed by atoms with Crippen molar-refractivity contribution in [3.8, 4) is 0 Å². The van der Waals surface area contributed by atoms with Gasteiger partial charge in [-0.3, -0.25) is 19.4 Å². The molecule has 1 N–H and O–H groups in total. The van der Waals surface area contributed by atoms with Crippen LogP contribution in [0.15, 0.2) is 78.9 Å². The van der Waals surface area contributed by atoms with Crippen molar-refractivity contribution in [1.82, 2.24) is 0 Å². The van der Waals surface area contributed by atoms with Gasteiger partial charge in [0.15, 0.2) is 5.60 Å². The fourth-order valence-electron chi connectivity index (χ4n) is 6.20. The second-order valence-electron chi connectivity index (χ2n) is 10.3. The average molecular weight is 519 g/mol. The van der Waals surface area contributed by atoms with Crippen LogP contribution in [0.4, 0.5) is 26.9 Å². The highest BCUT2D eigenvalue weighted by atomic mass is 28.4. The predicted molar refractivity (Wildman–Crippen MR) is 144 cm³/mol. The van der Waals surface area contributed by atoms with E-state index in [2.05, 4.69) is 0 Å². The molecule has 2 aliphatic heterocycles. The van der Waals surface area contributed by atoms with Gasteiger partial charge in [-0.05, 0) is 62.0 Å². The van der Waals surface area contributed by atoms with Gasteiger partial charge in [-0.2, -0.15) is 0 Å². The zero-order chi connectivity index (χ0) is 26.4. The highest BCUT2D eigenvalue weighted by Gasteiger charge is 2.66. The third-order valence-electron chi connectivity index (χ3n) is 7.70. The highest BCUT2D eigenvalue weighted by Crippen LogP contribution is 2.61. The molecule has 8 heteroatoms. The molecule has 1 saturated heterocycles. The molecule has 2 aliphatic rings. The van der Waals surface area contributed by atoms with Gasteiger partial charge in [0.2, 0.25) is 14.8 Å². The number of ether oxygens (including phenoxy) is 1. The number of carbonyl (C=O) groups is 2. The number of amides is 2. The lowest BCUT2D eigenvalue weighted by atomic mass is 9.82. The van der Waals surface area contributed by atoms with Crippen molar-refractivity contribution in [3.63, 3.8) is 0 Å². The van der Waals surface area contributed by atoms with E-state index in [0.717, 1.165) is 6.41 Å². The van der Waals surface area contributed by atoms with Gasteiger partial charge >= 0.3 is 0 Å². The van der Waals surface area contributed by atoms with Gasteiger partial charge in [-0.15, -0.1) is 0 Å². The molecular weight excluding hydrogens is 487 g/mol. The zero-order valence-electron chi connectivity index (χ0n) is 21.2. The van der Waals surface area contributed by atoms with Gasteiger partial charge in [0.1, 0.15) is 0 Å². The summed E-state index contributed by atoms with van der Waals surface area (Å²) in [5.41, 5.74) is 1.27. The molecule has 0 saturated carbocycles. The molecule has 0 radical (unpaired) electrons. The van der Waals surface area contributed by atoms with Crippen LogP contribution in [0.1, 0.15) is 18.9 Å². The number of para-hydroxylation sites is 2. The van der Waals surface area contributed by atoms with Crippen LogP contribution in [-0.2, 0) is 19.9 Å². The fourth-order valence-corrected chi connectivity index (χ4v) is 8.74. The Balaban J connectivity index is 1.72. The Morgan fingerprint density at radius 1 is 1.05 bits per heavy atom. The normalized spacial score (nSPS) is 24.9. The van der Waals surface area contributed by atoms with Crippen LogP contribution in [0, 0.1) is 5.92 Å². The first kappa shape index (κ1) is 25.3. The molecule has 3 aromatic carbocycles. The van der Waals surface area contributed by atoms with Crippen LogP contribution in [0.5, 0.6) is 0 Å². The lowest BCUT2D eigenvalue weighted by Crippen LogP contribution is -2.44. The molecule has 5 rings (SSSR count). The summed E-state index contributed by atoms with van der Waals surface area (Å²) in [6.07, 6.45) is 0.387. The Labute approximate surface area is 217 Å². The molecule has 1 spiro atoms. The number of fused-ring (bicyclic) bond motifs is 2. The van der Waals surface area contributed by atoms with Crippen molar-refractivity contribution < 1.29 is 23.5 Å². The maximum absolute atomic E-state index is 15.8. The molecular formula is C29H31FN2O4Si. The number of carbonyl (C=O) groups excluding carboxylic acids is 2. The maximum atomic E-state index is 15.8. The van der Waals surface area contributed by atoms with Crippen LogP contribution in [0.25, 0.3) is 0 Å². The average Bonchev–Trinajstić information content (AvgIpc) is 3.32. The standard InChI is InChI=1S/C29H31FN2O4Si/c1-20-27(37(2,3)30)26(16-17-33)36-29(20)24-18-23(31(19-34)21-10-6-4-7-11-21)14-15-25(24)32(28(29)35)22-12-8-5-9-13-22/h4-15,18-20,26-27,33H,16-17H2,1-3H3/t20-,26+,27-,29+/m1/s1. The van der Waals surface area contributed by atoms with Gasteiger partial charge in [0.25, 0.3) is 5.91 Å². The maximum Gasteiger partial charge on any atom is 0.268 e. The van der Waals surface area contributed by atoms with Crippen LogP contribution in [0.3, 0.4) is 0 Å². The molecule has 2 amide bonds. The fraction of sp³-hybridized carbons (Fsp3) is 0.310. The SMILES string of the molecule is C[C@@H]1[C@@H]([Si](C)(C)F)[C@H](CCO)O[C@@]12C(=O)N(c1ccccc1)c1ccc(N(C=O)c3ccccc3)cc12.